The molecule has 2 aromatic rings. The first kappa shape index (κ1) is 15.2. The van der Waals surface area contributed by atoms with Gasteiger partial charge in [-0.05, 0) is 32.9 Å². The predicted octanol–water partition coefficient (Wildman–Crippen LogP) is 2.91. The maximum absolute atomic E-state index is 13.0. The number of halogens is 1. The number of pyridine rings is 1. The zero-order valence-electron chi connectivity index (χ0n) is 12.6. The molecule has 0 aromatic carbocycles. The summed E-state index contributed by atoms with van der Waals surface area (Å²) in [4.78, 5) is 16.3. The molecule has 0 radical (unpaired) electrons. The molecule has 0 fully saturated rings. The van der Waals surface area contributed by atoms with E-state index in [0.29, 0.717) is 5.69 Å². The van der Waals surface area contributed by atoms with Gasteiger partial charge in [0.15, 0.2) is 0 Å². The Balaban J connectivity index is 2.40. The fourth-order valence-corrected chi connectivity index (χ4v) is 1.81. The second kappa shape index (κ2) is 5.63. The second-order valence-corrected chi connectivity index (χ2v) is 5.77. The van der Waals surface area contributed by atoms with Gasteiger partial charge in [0.05, 0.1) is 23.1 Å². The summed E-state index contributed by atoms with van der Waals surface area (Å²) in [5.74, 6) is -0.496. The van der Waals surface area contributed by atoms with Crippen LogP contribution in [0.3, 0.4) is 0 Å². The largest absolute Gasteiger partial charge is 0.456 e. The van der Waals surface area contributed by atoms with Crippen LogP contribution in [0, 0.1) is 0 Å². The van der Waals surface area contributed by atoms with Crippen LogP contribution in [-0.4, -0.2) is 26.3 Å². The molecule has 0 N–H and O–H groups in total. The molecular formula is C15H18FN3O2. The lowest BCUT2D eigenvalue weighted by molar-refractivity contribution is 0.00693. The molecule has 0 saturated carbocycles. The maximum Gasteiger partial charge on any atom is 0.338 e. The van der Waals surface area contributed by atoms with Gasteiger partial charge in [-0.15, -0.1) is 0 Å². The summed E-state index contributed by atoms with van der Waals surface area (Å²) in [5.41, 5.74) is 1.09. The number of hydrogen-bond acceptors (Lipinski definition) is 4. The average Bonchev–Trinajstić information content (AvgIpc) is 2.83. The number of hydrogen-bond donors (Lipinski definition) is 0. The highest BCUT2D eigenvalue weighted by Crippen LogP contribution is 2.21. The number of aryl methyl sites for hydroxylation is 1. The van der Waals surface area contributed by atoms with Crippen molar-refractivity contribution < 1.29 is 13.9 Å². The Hall–Kier alpha value is -2.24. The van der Waals surface area contributed by atoms with Crippen LogP contribution in [0.1, 0.15) is 36.8 Å². The van der Waals surface area contributed by atoms with Crippen LogP contribution in [0.2, 0.25) is 0 Å². The van der Waals surface area contributed by atoms with Crippen LogP contribution in [-0.2, 0) is 18.5 Å². The number of aromatic nitrogens is 3. The molecule has 2 heterocycles. The summed E-state index contributed by atoms with van der Waals surface area (Å²) >= 11 is 0. The molecule has 2 aromatic heterocycles. The van der Waals surface area contributed by atoms with Crippen molar-refractivity contribution in [3.8, 4) is 11.3 Å². The van der Waals surface area contributed by atoms with E-state index in [0.717, 1.165) is 5.56 Å². The van der Waals surface area contributed by atoms with Gasteiger partial charge in [-0.3, -0.25) is 4.68 Å². The van der Waals surface area contributed by atoms with E-state index < -0.39 is 18.2 Å². The minimum Gasteiger partial charge on any atom is -0.456 e. The first-order valence-electron chi connectivity index (χ1n) is 6.58. The summed E-state index contributed by atoms with van der Waals surface area (Å²) in [7, 11) is 1.78. The predicted molar refractivity (Wildman–Crippen MR) is 76.4 cm³/mol. The van der Waals surface area contributed by atoms with Crippen molar-refractivity contribution in [2.24, 2.45) is 7.05 Å². The standard InChI is InChI=1S/C15H18FN3O2/c1-15(2,3)21-14(20)10-5-12(7-16)18-13(6-10)11-8-17-19(4)9-11/h5-6,8-9H,7H2,1-4H3. The monoisotopic (exact) mass is 291 g/mol. The zero-order valence-corrected chi connectivity index (χ0v) is 12.6. The van der Waals surface area contributed by atoms with E-state index in [1.807, 2.05) is 0 Å². The molecule has 0 aliphatic rings. The average molecular weight is 291 g/mol. The quantitative estimate of drug-likeness (QED) is 0.816. The molecule has 5 nitrogen and oxygen atoms in total. The lowest BCUT2D eigenvalue weighted by Gasteiger charge is -2.19. The lowest BCUT2D eigenvalue weighted by atomic mass is 10.1. The minimum absolute atomic E-state index is 0.192. The zero-order chi connectivity index (χ0) is 15.6. The fourth-order valence-electron chi connectivity index (χ4n) is 1.81. The number of esters is 1. The van der Waals surface area contributed by atoms with Crippen molar-refractivity contribution in [2.45, 2.75) is 33.0 Å². The number of alkyl halides is 1. The second-order valence-electron chi connectivity index (χ2n) is 5.77. The molecular weight excluding hydrogens is 273 g/mol. The molecule has 2 rings (SSSR count). The lowest BCUT2D eigenvalue weighted by Crippen LogP contribution is -2.24. The van der Waals surface area contributed by atoms with E-state index in [1.54, 1.807) is 51.0 Å². The van der Waals surface area contributed by atoms with Gasteiger partial charge in [-0.2, -0.15) is 5.10 Å². The molecule has 0 aliphatic heterocycles. The van der Waals surface area contributed by atoms with Crippen LogP contribution in [0.5, 0.6) is 0 Å². The highest BCUT2D eigenvalue weighted by atomic mass is 19.1. The number of ether oxygens (including phenoxy) is 1. The molecule has 0 unspecified atom stereocenters. The van der Waals surface area contributed by atoms with Gasteiger partial charge in [0.1, 0.15) is 12.3 Å². The van der Waals surface area contributed by atoms with Gasteiger partial charge in [-0.25, -0.2) is 14.2 Å². The molecule has 112 valence electrons. The van der Waals surface area contributed by atoms with Gasteiger partial charge in [-0.1, -0.05) is 0 Å². The number of nitrogens with zero attached hydrogens (tertiary/aromatic N) is 3. The maximum atomic E-state index is 13.0. The third-order valence-corrected chi connectivity index (χ3v) is 2.65. The van der Waals surface area contributed by atoms with Crippen molar-refractivity contribution in [3.05, 3.63) is 35.8 Å². The summed E-state index contributed by atoms with van der Waals surface area (Å²) in [6.45, 7) is 4.60. The number of carbonyl (C=O) groups is 1. The van der Waals surface area contributed by atoms with Gasteiger partial charge < -0.3 is 4.74 Å². The van der Waals surface area contributed by atoms with E-state index in [-0.39, 0.29) is 11.3 Å². The normalized spacial score (nSPS) is 11.5. The highest BCUT2D eigenvalue weighted by molar-refractivity contribution is 5.91. The van der Waals surface area contributed by atoms with Crippen molar-refractivity contribution in [2.75, 3.05) is 0 Å². The topological polar surface area (TPSA) is 57.0 Å². The highest BCUT2D eigenvalue weighted by Gasteiger charge is 2.19. The Morgan fingerprint density at radius 3 is 2.62 bits per heavy atom. The first-order valence-corrected chi connectivity index (χ1v) is 6.58. The molecule has 0 atom stereocenters. The van der Waals surface area contributed by atoms with Crippen LogP contribution >= 0.6 is 0 Å². The number of rotatable bonds is 3. The van der Waals surface area contributed by atoms with Crippen LogP contribution in [0.25, 0.3) is 11.3 Å². The summed E-state index contributed by atoms with van der Waals surface area (Å²) in [6.07, 6.45) is 3.37. The van der Waals surface area contributed by atoms with Crippen molar-refractivity contribution in [3.63, 3.8) is 0 Å². The molecule has 0 spiro atoms. The third kappa shape index (κ3) is 3.87. The van der Waals surface area contributed by atoms with Gasteiger partial charge in [0.2, 0.25) is 0 Å². The SMILES string of the molecule is Cn1cc(-c2cc(C(=O)OC(C)(C)C)cc(CF)n2)cn1. The van der Waals surface area contributed by atoms with Crippen molar-refractivity contribution >= 4 is 5.97 Å². The van der Waals surface area contributed by atoms with Crippen LogP contribution in [0.4, 0.5) is 4.39 Å². The Labute approximate surface area is 122 Å². The summed E-state index contributed by atoms with van der Waals surface area (Å²) in [5, 5.41) is 4.05. The summed E-state index contributed by atoms with van der Waals surface area (Å²) in [6, 6.07) is 3.00. The summed E-state index contributed by atoms with van der Waals surface area (Å²) < 4.78 is 19.9. The molecule has 6 heteroatoms. The Kier molecular flexibility index (Phi) is 4.06. The Morgan fingerprint density at radius 1 is 1.38 bits per heavy atom. The molecule has 0 bridgehead atoms. The van der Waals surface area contributed by atoms with Crippen LogP contribution in [0.15, 0.2) is 24.5 Å². The molecule has 0 amide bonds. The first-order chi connectivity index (χ1) is 9.78. The fraction of sp³-hybridized carbons (Fsp3) is 0.400. The Bertz CT molecular complexity index is 659. The molecule has 0 saturated heterocycles. The van der Waals surface area contributed by atoms with Gasteiger partial charge in [0.25, 0.3) is 0 Å². The van der Waals surface area contributed by atoms with Crippen molar-refractivity contribution in [1.29, 1.82) is 0 Å². The van der Waals surface area contributed by atoms with Gasteiger partial charge in [0, 0.05) is 18.8 Å². The van der Waals surface area contributed by atoms with E-state index in [1.165, 1.54) is 6.07 Å². The van der Waals surface area contributed by atoms with Gasteiger partial charge >= 0.3 is 5.97 Å². The van der Waals surface area contributed by atoms with E-state index in [9.17, 15) is 9.18 Å². The van der Waals surface area contributed by atoms with E-state index in [4.69, 9.17) is 4.74 Å². The Morgan fingerprint density at radius 2 is 2.10 bits per heavy atom. The van der Waals surface area contributed by atoms with Crippen LogP contribution < -0.4 is 0 Å². The third-order valence-electron chi connectivity index (χ3n) is 2.65. The smallest absolute Gasteiger partial charge is 0.338 e. The molecule has 21 heavy (non-hydrogen) atoms. The number of carbonyl (C=O) groups excluding carboxylic acids is 1. The molecule has 0 aliphatic carbocycles. The van der Waals surface area contributed by atoms with E-state index in [2.05, 4.69) is 10.1 Å². The van der Waals surface area contributed by atoms with E-state index >= 15 is 0 Å². The minimum atomic E-state index is -0.746. The van der Waals surface area contributed by atoms with Crippen molar-refractivity contribution in [1.82, 2.24) is 14.8 Å².